The first-order valence-corrected chi connectivity index (χ1v) is 5.24. The van der Waals surface area contributed by atoms with Crippen molar-refractivity contribution in [3.63, 3.8) is 0 Å². The minimum Gasteiger partial charge on any atom is -0.463 e. The summed E-state index contributed by atoms with van der Waals surface area (Å²) < 4.78 is 15.0. The molecule has 1 saturated heterocycles. The van der Waals surface area contributed by atoms with E-state index in [1.165, 1.54) is 13.8 Å². The van der Waals surface area contributed by atoms with E-state index in [9.17, 15) is 14.5 Å². The van der Waals surface area contributed by atoms with Gasteiger partial charge in [-0.25, -0.2) is 0 Å². The number of carbonyl (C=O) groups excluding carboxylic acids is 2. The van der Waals surface area contributed by atoms with Gasteiger partial charge in [-0.1, -0.05) is 6.92 Å². The molecule has 0 aromatic carbocycles. The summed E-state index contributed by atoms with van der Waals surface area (Å²) >= 11 is 0. The summed E-state index contributed by atoms with van der Waals surface area (Å²) in [6.45, 7) is 4.28. The smallest absolute Gasteiger partial charge is 0.303 e. The van der Waals surface area contributed by atoms with Gasteiger partial charge in [0.05, 0.1) is 0 Å². The molecule has 0 spiro atoms. The Morgan fingerprint density at radius 1 is 1.29 bits per heavy atom. The predicted octanol–water partition coefficient (Wildman–Crippen LogP) is 0.609. The zero-order valence-corrected chi connectivity index (χ0v) is 9.91. The fourth-order valence-electron chi connectivity index (χ4n) is 1.68. The zero-order valence-electron chi connectivity index (χ0n) is 9.91. The summed E-state index contributed by atoms with van der Waals surface area (Å²) in [5, 5.41) is 2.76. The number of nitroso groups, excluding NO2 is 1. The molecule has 17 heavy (non-hydrogen) atoms. The molecule has 96 valence electrons. The summed E-state index contributed by atoms with van der Waals surface area (Å²) in [5.74, 6) is -1.21. The van der Waals surface area contributed by atoms with Gasteiger partial charge in [0.15, 0.2) is 6.10 Å². The van der Waals surface area contributed by atoms with Crippen molar-refractivity contribution >= 4 is 11.9 Å². The number of hydrogen-bond donors (Lipinski definition) is 0. The predicted molar refractivity (Wildman–Crippen MR) is 55.8 cm³/mol. The third-order valence-electron chi connectivity index (χ3n) is 2.56. The average Bonchev–Trinajstić information content (AvgIpc) is 2.53. The lowest BCUT2D eigenvalue weighted by Crippen LogP contribution is -2.31. The molecule has 0 aromatic heterocycles. The van der Waals surface area contributed by atoms with Crippen LogP contribution in [-0.4, -0.2) is 37.0 Å². The molecule has 1 fully saturated rings. The molecular formula is C10H15NO6. The van der Waals surface area contributed by atoms with Crippen molar-refractivity contribution < 1.29 is 23.8 Å². The Labute approximate surface area is 98.4 Å². The second-order valence-corrected chi connectivity index (χ2v) is 3.91. The van der Waals surface area contributed by atoms with Crippen molar-refractivity contribution in [2.24, 2.45) is 11.1 Å². The fraction of sp³-hybridized carbons (Fsp3) is 0.800. The Morgan fingerprint density at radius 3 is 2.41 bits per heavy atom. The lowest BCUT2D eigenvalue weighted by molar-refractivity contribution is -0.150. The number of rotatable bonds is 4. The molecule has 0 N–H and O–H groups in total. The molecule has 1 aliphatic heterocycles. The Hall–Kier alpha value is -1.50. The molecule has 0 aromatic rings. The van der Waals surface area contributed by atoms with Crippen LogP contribution in [0.3, 0.4) is 0 Å². The van der Waals surface area contributed by atoms with Crippen LogP contribution in [0.15, 0.2) is 5.18 Å². The van der Waals surface area contributed by atoms with Gasteiger partial charge in [0.2, 0.25) is 6.23 Å². The van der Waals surface area contributed by atoms with Gasteiger partial charge in [-0.2, -0.15) is 0 Å². The quantitative estimate of drug-likeness (QED) is 0.532. The Kier molecular flexibility index (Phi) is 4.56. The number of nitrogens with zero attached hydrogens (tertiary/aromatic N) is 1. The van der Waals surface area contributed by atoms with E-state index in [4.69, 9.17) is 14.2 Å². The van der Waals surface area contributed by atoms with Crippen LogP contribution >= 0.6 is 0 Å². The van der Waals surface area contributed by atoms with Crippen LogP contribution in [0.2, 0.25) is 0 Å². The molecule has 7 nitrogen and oxygen atoms in total. The maximum Gasteiger partial charge on any atom is 0.303 e. The maximum absolute atomic E-state index is 10.9. The van der Waals surface area contributed by atoms with Crippen molar-refractivity contribution in [3.8, 4) is 0 Å². The topological polar surface area (TPSA) is 91.3 Å². The van der Waals surface area contributed by atoms with Crippen LogP contribution in [0, 0.1) is 10.8 Å². The minimum absolute atomic E-state index is 0.0142. The fourth-order valence-corrected chi connectivity index (χ4v) is 1.68. The molecule has 4 unspecified atom stereocenters. The van der Waals surface area contributed by atoms with E-state index in [0.29, 0.717) is 0 Å². The van der Waals surface area contributed by atoms with Crippen LogP contribution in [-0.2, 0) is 23.8 Å². The lowest BCUT2D eigenvalue weighted by Gasteiger charge is -2.17. The first-order valence-electron chi connectivity index (χ1n) is 5.24. The molecule has 0 aliphatic carbocycles. The van der Waals surface area contributed by atoms with Crippen LogP contribution in [0.4, 0.5) is 0 Å². The first kappa shape index (κ1) is 13.6. The van der Waals surface area contributed by atoms with E-state index in [0.717, 1.165) is 0 Å². The molecule has 1 aliphatic rings. The van der Waals surface area contributed by atoms with Crippen molar-refractivity contribution in [1.29, 1.82) is 0 Å². The third kappa shape index (κ3) is 3.48. The molecule has 0 saturated carbocycles. The second-order valence-electron chi connectivity index (χ2n) is 3.91. The largest absolute Gasteiger partial charge is 0.463 e. The Morgan fingerprint density at radius 2 is 1.94 bits per heavy atom. The van der Waals surface area contributed by atoms with Gasteiger partial charge in [-0.3, -0.25) is 9.59 Å². The van der Waals surface area contributed by atoms with Crippen LogP contribution in [0.25, 0.3) is 0 Å². The summed E-state index contributed by atoms with van der Waals surface area (Å²) in [7, 11) is 0. The normalized spacial score (nSPS) is 31.9. The van der Waals surface area contributed by atoms with Gasteiger partial charge in [0.1, 0.15) is 12.7 Å². The highest BCUT2D eigenvalue weighted by Crippen LogP contribution is 2.30. The van der Waals surface area contributed by atoms with Gasteiger partial charge in [0.25, 0.3) is 0 Å². The molecule has 4 atom stereocenters. The summed E-state index contributed by atoms with van der Waals surface area (Å²) in [6.07, 6.45) is -2.27. The van der Waals surface area contributed by atoms with E-state index in [1.807, 2.05) is 0 Å². The third-order valence-corrected chi connectivity index (χ3v) is 2.56. The highest BCUT2D eigenvalue weighted by atomic mass is 16.6. The SMILES string of the molecule is CC(=O)OCC1OC(N=O)C(OC(C)=O)C1C. The van der Waals surface area contributed by atoms with Crippen molar-refractivity contribution in [3.05, 3.63) is 4.91 Å². The number of carbonyl (C=O) groups is 2. The summed E-state index contributed by atoms with van der Waals surface area (Å²) in [5.41, 5.74) is 0. The van der Waals surface area contributed by atoms with E-state index < -0.39 is 30.4 Å². The minimum atomic E-state index is -1.05. The highest BCUT2D eigenvalue weighted by molar-refractivity contribution is 5.66. The molecular weight excluding hydrogens is 230 g/mol. The lowest BCUT2D eigenvalue weighted by atomic mass is 10.0. The van der Waals surface area contributed by atoms with Crippen molar-refractivity contribution in [2.45, 2.75) is 39.2 Å². The van der Waals surface area contributed by atoms with E-state index in [2.05, 4.69) is 5.18 Å². The van der Waals surface area contributed by atoms with Crippen LogP contribution in [0.1, 0.15) is 20.8 Å². The Balaban J connectivity index is 2.63. The van der Waals surface area contributed by atoms with Gasteiger partial charge in [-0.05, 0) is 5.18 Å². The van der Waals surface area contributed by atoms with E-state index >= 15 is 0 Å². The van der Waals surface area contributed by atoms with Crippen LogP contribution in [0.5, 0.6) is 0 Å². The van der Waals surface area contributed by atoms with Gasteiger partial charge < -0.3 is 14.2 Å². The van der Waals surface area contributed by atoms with Gasteiger partial charge in [-0.15, -0.1) is 4.91 Å². The highest BCUT2D eigenvalue weighted by Gasteiger charge is 2.45. The van der Waals surface area contributed by atoms with Gasteiger partial charge in [0, 0.05) is 19.8 Å². The second kappa shape index (κ2) is 5.72. The molecule has 0 bridgehead atoms. The molecule has 1 rings (SSSR count). The number of ether oxygens (including phenoxy) is 3. The zero-order chi connectivity index (χ0) is 13.0. The average molecular weight is 245 g/mol. The maximum atomic E-state index is 10.9. The van der Waals surface area contributed by atoms with Gasteiger partial charge >= 0.3 is 11.9 Å². The molecule has 0 amide bonds. The molecule has 7 heteroatoms. The van der Waals surface area contributed by atoms with E-state index in [-0.39, 0.29) is 12.5 Å². The first-order chi connectivity index (χ1) is 7.95. The monoisotopic (exact) mass is 245 g/mol. The summed E-state index contributed by atoms with van der Waals surface area (Å²) in [4.78, 5) is 32.1. The summed E-state index contributed by atoms with van der Waals surface area (Å²) in [6, 6.07) is 0. The van der Waals surface area contributed by atoms with Crippen molar-refractivity contribution in [1.82, 2.24) is 0 Å². The number of hydrogen-bond acceptors (Lipinski definition) is 7. The van der Waals surface area contributed by atoms with E-state index in [1.54, 1.807) is 6.92 Å². The van der Waals surface area contributed by atoms with Crippen LogP contribution < -0.4 is 0 Å². The van der Waals surface area contributed by atoms with Crippen molar-refractivity contribution in [2.75, 3.05) is 6.61 Å². The molecule has 1 heterocycles. The number of esters is 2. The Bertz CT molecular complexity index is 318. The molecule has 0 radical (unpaired) electrons. The standard InChI is InChI=1S/C10H15NO6/c1-5-8(4-15-6(2)12)17-10(11-14)9(5)16-7(3)13/h5,8-10H,4H2,1-3H3.